The van der Waals surface area contributed by atoms with Crippen LogP contribution in [0.4, 0.5) is 11.4 Å². The van der Waals surface area contributed by atoms with E-state index in [1.807, 2.05) is 0 Å². The van der Waals surface area contributed by atoms with Gasteiger partial charge in [-0.2, -0.15) is 0 Å². The van der Waals surface area contributed by atoms with E-state index in [4.69, 9.17) is 23.2 Å². The summed E-state index contributed by atoms with van der Waals surface area (Å²) in [5, 5.41) is 23.5. The van der Waals surface area contributed by atoms with Crippen molar-refractivity contribution in [2.24, 2.45) is 0 Å². The van der Waals surface area contributed by atoms with Gasteiger partial charge in [0, 0.05) is 11.8 Å². The minimum atomic E-state index is -0.773. The van der Waals surface area contributed by atoms with Gasteiger partial charge in [0.25, 0.3) is 5.91 Å². The third-order valence-electron chi connectivity index (χ3n) is 2.63. The number of aromatic hydroxyl groups is 1. The van der Waals surface area contributed by atoms with Gasteiger partial charge in [0.15, 0.2) is 0 Å². The van der Waals surface area contributed by atoms with Gasteiger partial charge in [0.2, 0.25) is 5.75 Å². The average molecular weight is 327 g/mol. The van der Waals surface area contributed by atoms with Crippen LogP contribution in [0.5, 0.6) is 5.75 Å². The molecule has 0 aromatic heterocycles. The van der Waals surface area contributed by atoms with E-state index < -0.39 is 22.3 Å². The largest absolute Gasteiger partial charge is 0.502 e. The Hall–Kier alpha value is -2.31. The molecule has 1 amide bonds. The number of amides is 1. The van der Waals surface area contributed by atoms with E-state index in [-0.39, 0.29) is 10.6 Å². The maximum Gasteiger partial charge on any atom is 0.311 e. The number of nitro groups is 1. The molecule has 0 atom stereocenters. The molecule has 0 fully saturated rings. The van der Waals surface area contributed by atoms with Crippen molar-refractivity contribution in [1.29, 1.82) is 0 Å². The lowest BCUT2D eigenvalue weighted by molar-refractivity contribution is -0.385. The predicted octanol–water partition coefficient (Wildman–Crippen LogP) is 3.86. The van der Waals surface area contributed by atoms with Crippen LogP contribution in [-0.2, 0) is 0 Å². The smallest absolute Gasteiger partial charge is 0.311 e. The molecular formula is C13H8Cl2N2O4. The minimum absolute atomic E-state index is 0.213. The maximum atomic E-state index is 12.0. The summed E-state index contributed by atoms with van der Waals surface area (Å²) >= 11 is 11.6. The number of nitrogens with zero attached hydrogens (tertiary/aromatic N) is 1. The van der Waals surface area contributed by atoms with Gasteiger partial charge < -0.3 is 10.4 Å². The highest BCUT2D eigenvalue weighted by molar-refractivity contribution is 6.42. The molecule has 0 bridgehead atoms. The Morgan fingerprint density at radius 1 is 1.19 bits per heavy atom. The van der Waals surface area contributed by atoms with Crippen molar-refractivity contribution in [1.82, 2.24) is 0 Å². The monoisotopic (exact) mass is 326 g/mol. The molecule has 0 aliphatic heterocycles. The number of benzene rings is 2. The molecule has 0 radical (unpaired) electrons. The Morgan fingerprint density at radius 3 is 2.52 bits per heavy atom. The molecule has 2 aromatic carbocycles. The highest BCUT2D eigenvalue weighted by atomic mass is 35.5. The Bertz CT molecular complexity index is 734. The molecule has 2 N–H and O–H groups in total. The quantitative estimate of drug-likeness (QED) is 0.661. The van der Waals surface area contributed by atoms with Gasteiger partial charge in [-0.3, -0.25) is 14.9 Å². The van der Waals surface area contributed by atoms with Crippen LogP contribution in [0.2, 0.25) is 10.0 Å². The standard InChI is InChI=1S/C13H8Cl2N2O4/c14-9-5-4-7(6-10(9)15)16-13(19)8-2-1-3-11(12(8)18)17(20)21/h1-6,18H,(H,16,19). The highest BCUT2D eigenvalue weighted by Gasteiger charge is 2.21. The van der Waals surface area contributed by atoms with Crippen LogP contribution in [0.15, 0.2) is 36.4 Å². The van der Waals surface area contributed by atoms with E-state index in [0.29, 0.717) is 10.7 Å². The van der Waals surface area contributed by atoms with Crippen LogP contribution in [0.1, 0.15) is 10.4 Å². The first-order valence-corrected chi connectivity index (χ1v) is 6.38. The number of phenols is 1. The number of hydrogen-bond acceptors (Lipinski definition) is 4. The minimum Gasteiger partial charge on any atom is -0.502 e. The molecule has 108 valence electrons. The topological polar surface area (TPSA) is 92.5 Å². The van der Waals surface area contributed by atoms with Crippen molar-refractivity contribution in [2.45, 2.75) is 0 Å². The van der Waals surface area contributed by atoms with E-state index in [1.165, 1.54) is 30.3 Å². The normalized spacial score (nSPS) is 10.2. The Labute approximate surface area is 129 Å². The number of hydrogen-bond donors (Lipinski definition) is 2. The molecule has 0 saturated heterocycles. The molecule has 6 nitrogen and oxygen atoms in total. The summed E-state index contributed by atoms with van der Waals surface area (Å²) in [6.45, 7) is 0. The van der Waals surface area contributed by atoms with Gasteiger partial charge in [-0.1, -0.05) is 29.3 Å². The zero-order chi connectivity index (χ0) is 15.6. The van der Waals surface area contributed by atoms with E-state index in [2.05, 4.69) is 5.32 Å². The fourth-order valence-corrected chi connectivity index (χ4v) is 1.93. The van der Waals surface area contributed by atoms with Crippen LogP contribution >= 0.6 is 23.2 Å². The first kappa shape index (κ1) is 15.1. The molecule has 2 rings (SSSR count). The third kappa shape index (κ3) is 3.24. The summed E-state index contributed by atoms with van der Waals surface area (Å²) in [7, 11) is 0. The number of phenolic OH excluding ortho intramolecular Hbond substituents is 1. The van der Waals surface area contributed by atoms with Gasteiger partial charge in [-0.15, -0.1) is 0 Å². The lowest BCUT2D eigenvalue weighted by Gasteiger charge is -2.07. The zero-order valence-corrected chi connectivity index (χ0v) is 11.9. The van der Waals surface area contributed by atoms with E-state index in [1.54, 1.807) is 0 Å². The summed E-state index contributed by atoms with van der Waals surface area (Å²) in [4.78, 5) is 22.0. The van der Waals surface area contributed by atoms with Crippen molar-refractivity contribution in [3.63, 3.8) is 0 Å². The fourth-order valence-electron chi connectivity index (χ4n) is 1.63. The van der Waals surface area contributed by atoms with Crippen molar-refractivity contribution < 1.29 is 14.8 Å². The fraction of sp³-hybridized carbons (Fsp3) is 0. The molecule has 2 aromatic rings. The van der Waals surface area contributed by atoms with Crippen molar-refractivity contribution in [2.75, 3.05) is 5.32 Å². The van der Waals surface area contributed by atoms with Crippen molar-refractivity contribution >= 4 is 40.5 Å². The van der Waals surface area contributed by atoms with Crippen LogP contribution in [0.25, 0.3) is 0 Å². The predicted molar refractivity (Wildman–Crippen MR) is 79.2 cm³/mol. The molecular weight excluding hydrogens is 319 g/mol. The lowest BCUT2D eigenvalue weighted by Crippen LogP contribution is -2.12. The van der Waals surface area contributed by atoms with E-state index >= 15 is 0 Å². The molecule has 21 heavy (non-hydrogen) atoms. The molecule has 8 heteroatoms. The lowest BCUT2D eigenvalue weighted by atomic mass is 10.1. The van der Waals surface area contributed by atoms with E-state index in [0.717, 1.165) is 6.07 Å². The van der Waals surface area contributed by atoms with E-state index in [9.17, 15) is 20.0 Å². The number of nitrogens with one attached hydrogen (secondary N) is 1. The third-order valence-corrected chi connectivity index (χ3v) is 3.37. The van der Waals surface area contributed by atoms with Crippen LogP contribution in [0.3, 0.4) is 0 Å². The summed E-state index contributed by atoms with van der Waals surface area (Å²) in [6.07, 6.45) is 0. The molecule has 0 spiro atoms. The molecule has 0 unspecified atom stereocenters. The van der Waals surface area contributed by atoms with Crippen LogP contribution < -0.4 is 5.32 Å². The number of carbonyl (C=O) groups is 1. The number of nitro benzene ring substituents is 1. The Morgan fingerprint density at radius 2 is 1.90 bits per heavy atom. The molecule has 0 heterocycles. The Kier molecular flexibility index (Phi) is 4.30. The van der Waals surface area contributed by atoms with Crippen molar-refractivity contribution in [3.8, 4) is 5.75 Å². The summed E-state index contributed by atoms with van der Waals surface area (Å²) in [5.74, 6) is -1.39. The summed E-state index contributed by atoms with van der Waals surface area (Å²) in [6, 6.07) is 8.12. The Balaban J connectivity index is 2.30. The highest BCUT2D eigenvalue weighted by Crippen LogP contribution is 2.30. The van der Waals surface area contributed by atoms with Crippen LogP contribution in [-0.4, -0.2) is 15.9 Å². The van der Waals surface area contributed by atoms with Crippen molar-refractivity contribution in [3.05, 3.63) is 62.1 Å². The average Bonchev–Trinajstić information content (AvgIpc) is 2.42. The summed E-state index contributed by atoms with van der Waals surface area (Å²) in [5.41, 5.74) is -0.410. The van der Waals surface area contributed by atoms with Gasteiger partial charge >= 0.3 is 5.69 Å². The van der Waals surface area contributed by atoms with Gasteiger partial charge in [-0.25, -0.2) is 0 Å². The number of halogens is 2. The van der Waals surface area contributed by atoms with Gasteiger partial charge in [0.05, 0.1) is 20.5 Å². The molecule has 0 aliphatic carbocycles. The second kappa shape index (κ2) is 5.99. The zero-order valence-electron chi connectivity index (χ0n) is 10.3. The molecule has 0 aliphatic rings. The number of rotatable bonds is 3. The van der Waals surface area contributed by atoms with Crippen LogP contribution in [0, 0.1) is 10.1 Å². The maximum absolute atomic E-state index is 12.0. The first-order chi connectivity index (χ1) is 9.90. The SMILES string of the molecule is O=C(Nc1ccc(Cl)c(Cl)c1)c1cccc([N+](=O)[O-])c1O. The second-order valence-electron chi connectivity index (χ2n) is 4.01. The number of para-hydroxylation sites is 1. The second-order valence-corrected chi connectivity index (χ2v) is 4.83. The summed E-state index contributed by atoms with van der Waals surface area (Å²) < 4.78 is 0. The number of carbonyl (C=O) groups excluding carboxylic acids is 1. The van der Waals surface area contributed by atoms with Gasteiger partial charge in [0.1, 0.15) is 0 Å². The van der Waals surface area contributed by atoms with Gasteiger partial charge in [-0.05, 0) is 24.3 Å². The number of anilines is 1. The molecule has 0 saturated carbocycles. The first-order valence-electron chi connectivity index (χ1n) is 5.63.